The van der Waals surface area contributed by atoms with Gasteiger partial charge in [-0.25, -0.2) is 9.37 Å². The van der Waals surface area contributed by atoms with Gasteiger partial charge in [-0.1, -0.05) is 13.8 Å². The van der Waals surface area contributed by atoms with Crippen LogP contribution >= 0.6 is 0 Å². The Balaban J connectivity index is 2.53. The largest absolute Gasteiger partial charge is 0.481 e. The molecule has 0 amide bonds. The lowest BCUT2D eigenvalue weighted by atomic mass is 9.76. The van der Waals surface area contributed by atoms with Crippen LogP contribution in [0.1, 0.15) is 33.5 Å². The van der Waals surface area contributed by atoms with Gasteiger partial charge < -0.3 is 9.67 Å². The third-order valence-electron chi connectivity index (χ3n) is 4.39. The number of carboxylic acids is 1. The summed E-state index contributed by atoms with van der Waals surface area (Å²) in [6, 6.07) is 4.48. The number of aliphatic carboxylic acids is 1. The monoisotopic (exact) mass is 292 g/mol. The summed E-state index contributed by atoms with van der Waals surface area (Å²) in [6.45, 7) is 8.17. The molecule has 1 aromatic heterocycles. The summed E-state index contributed by atoms with van der Waals surface area (Å²) >= 11 is 0. The average Bonchev–Trinajstić information content (AvgIpc) is 2.73. The Morgan fingerprint density at radius 2 is 2.14 bits per heavy atom. The van der Waals surface area contributed by atoms with Gasteiger partial charge in [0.15, 0.2) is 0 Å². The molecule has 0 fully saturated rings. The third kappa shape index (κ3) is 2.64. The first-order valence-corrected chi connectivity index (χ1v) is 7.17. The van der Waals surface area contributed by atoms with Crippen molar-refractivity contribution in [2.24, 2.45) is 11.3 Å². The van der Waals surface area contributed by atoms with E-state index in [-0.39, 0.29) is 11.7 Å². The Labute approximate surface area is 123 Å². The molecule has 0 saturated heterocycles. The molecule has 0 radical (unpaired) electrons. The first-order valence-electron chi connectivity index (χ1n) is 7.17. The summed E-state index contributed by atoms with van der Waals surface area (Å²) < 4.78 is 15.3. The maximum Gasteiger partial charge on any atom is 0.310 e. The maximum absolute atomic E-state index is 13.3. The van der Waals surface area contributed by atoms with E-state index in [1.165, 1.54) is 12.1 Å². The second-order valence-electron chi connectivity index (χ2n) is 5.96. The van der Waals surface area contributed by atoms with Crippen LogP contribution in [0, 0.1) is 17.2 Å². The highest BCUT2D eigenvalue weighted by molar-refractivity contribution is 5.77. The Kier molecular flexibility index (Phi) is 4.03. The summed E-state index contributed by atoms with van der Waals surface area (Å²) in [5.41, 5.74) is 0.515. The molecule has 5 heteroatoms. The van der Waals surface area contributed by atoms with Crippen LogP contribution in [-0.2, 0) is 17.8 Å². The Morgan fingerprint density at radius 1 is 1.48 bits per heavy atom. The van der Waals surface area contributed by atoms with E-state index in [4.69, 9.17) is 0 Å². The van der Waals surface area contributed by atoms with Gasteiger partial charge >= 0.3 is 5.97 Å². The Hall–Kier alpha value is -1.91. The highest BCUT2D eigenvalue weighted by Gasteiger charge is 2.38. The molecular formula is C16H21FN2O2. The van der Waals surface area contributed by atoms with E-state index >= 15 is 0 Å². The minimum absolute atomic E-state index is 0.0307. The summed E-state index contributed by atoms with van der Waals surface area (Å²) in [7, 11) is 0. The van der Waals surface area contributed by atoms with E-state index in [9.17, 15) is 14.3 Å². The minimum atomic E-state index is -0.896. The molecule has 1 N–H and O–H groups in total. The number of rotatable bonds is 5. The van der Waals surface area contributed by atoms with Crippen molar-refractivity contribution in [3.8, 4) is 0 Å². The highest BCUT2D eigenvalue weighted by atomic mass is 19.1. The van der Waals surface area contributed by atoms with Crippen LogP contribution in [0.15, 0.2) is 18.2 Å². The number of imidazole rings is 1. The number of nitrogens with zero attached hydrogens (tertiary/aromatic N) is 2. The molecule has 1 aromatic carbocycles. The van der Waals surface area contributed by atoms with E-state index in [1.54, 1.807) is 13.0 Å². The lowest BCUT2D eigenvalue weighted by Crippen LogP contribution is -2.36. The van der Waals surface area contributed by atoms with Crippen molar-refractivity contribution < 1.29 is 14.3 Å². The van der Waals surface area contributed by atoms with E-state index < -0.39 is 11.4 Å². The van der Waals surface area contributed by atoms with Crippen LogP contribution in [0.2, 0.25) is 0 Å². The van der Waals surface area contributed by atoms with E-state index in [0.717, 1.165) is 5.52 Å². The number of halogens is 1. The molecule has 1 unspecified atom stereocenters. The number of aryl methyl sites for hydroxylation is 1. The number of hydrogen-bond donors (Lipinski definition) is 1. The van der Waals surface area contributed by atoms with Crippen molar-refractivity contribution in [3.05, 3.63) is 29.8 Å². The SMILES string of the molecule is CCn1c(CC(C)(C(=O)O)C(C)C)nc2cc(F)ccc21. The maximum atomic E-state index is 13.3. The molecule has 1 atom stereocenters. The Morgan fingerprint density at radius 3 is 2.67 bits per heavy atom. The molecule has 21 heavy (non-hydrogen) atoms. The number of carbonyl (C=O) groups is 1. The van der Waals surface area contributed by atoms with Crippen LogP contribution in [0.3, 0.4) is 0 Å². The molecule has 0 aliphatic carbocycles. The molecule has 0 saturated carbocycles. The smallest absolute Gasteiger partial charge is 0.310 e. The molecular weight excluding hydrogens is 271 g/mol. The standard InChI is InChI=1S/C16H21FN2O2/c1-5-19-13-7-6-11(17)8-12(13)18-14(19)9-16(4,10(2)3)15(20)21/h6-8,10H,5,9H2,1-4H3,(H,20,21). The molecule has 0 bridgehead atoms. The molecule has 0 aliphatic rings. The fourth-order valence-electron chi connectivity index (χ4n) is 2.50. The second-order valence-corrected chi connectivity index (χ2v) is 5.96. The summed E-state index contributed by atoms with van der Waals surface area (Å²) in [4.78, 5) is 16.1. The normalized spacial score (nSPS) is 14.6. The predicted octanol–water partition coefficient (Wildman–Crippen LogP) is 3.48. The van der Waals surface area contributed by atoms with Gasteiger partial charge in [-0.05, 0) is 31.9 Å². The van der Waals surface area contributed by atoms with Gasteiger partial charge in [-0.3, -0.25) is 4.79 Å². The molecule has 1 heterocycles. The van der Waals surface area contributed by atoms with Gasteiger partial charge in [-0.15, -0.1) is 0 Å². The quantitative estimate of drug-likeness (QED) is 0.917. The molecule has 2 aromatic rings. The molecule has 2 rings (SSSR count). The topological polar surface area (TPSA) is 55.1 Å². The first-order chi connectivity index (χ1) is 9.79. The van der Waals surface area contributed by atoms with Gasteiger partial charge in [0.1, 0.15) is 11.6 Å². The first kappa shape index (κ1) is 15.5. The second kappa shape index (κ2) is 5.47. The van der Waals surface area contributed by atoms with Crippen LogP contribution in [0.5, 0.6) is 0 Å². The zero-order chi connectivity index (χ0) is 15.8. The fourth-order valence-corrected chi connectivity index (χ4v) is 2.50. The highest BCUT2D eigenvalue weighted by Crippen LogP contribution is 2.32. The average molecular weight is 292 g/mol. The lowest BCUT2D eigenvalue weighted by Gasteiger charge is -2.28. The fraction of sp³-hybridized carbons (Fsp3) is 0.500. The van der Waals surface area contributed by atoms with Crippen molar-refractivity contribution in [1.29, 1.82) is 0 Å². The van der Waals surface area contributed by atoms with Gasteiger partial charge in [0.25, 0.3) is 0 Å². The van der Waals surface area contributed by atoms with E-state index in [1.807, 2.05) is 25.3 Å². The van der Waals surface area contributed by atoms with Gasteiger partial charge in [0.05, 0.1) is 16.4 Å². The van der Waals surface area contributed by atoms with Crippen LogP contribution in [0.4, 0.5) is 4.39 Å². The van der Waals surface area contributed by atoms with Crippen molar-refractivity contribution in [1.82, 2.24) is 9.55 Å². The summed E-state index contributed by atoms with van der Waals surface area (Å²) in [6.07, 6.45) is 0.324. The lowest BCUT2D eigenvalue weighted by molar-refractivity contribution is -0.150. The minimum Gasteiger partial charge on any atom is -0.481 e. The number of hydrogen-bond acceptors (Lipinski definition) is 2. The van der Waals surface area contributed by atoms with Crippen LogP contribution < -0.4 is 0 Å². The molecule has 0 spiro atoms. The van der Waals surface area contributed by atoms with Gasteiger partial charge in [0, 0.05) is 19.0 Å². The van der Waals surface area contributed by atoms with Crippen molar-refractivity contribution in [2.45, 2.75) is 40.7 Å². The number of benzene rings is 1. The molecule has 114 valence electrons. The Bertz CT molecular complexity index is 678. The number of fused-ring (bicyclic) bond motifs is 1. The van der Waals surface area contributed by atoms with Gasteiger partial charge in [0.2, 0.25) is 0 Å². The van der Waals surface area contributed by atoms with Crippen LogP contribution in [0.25, 0.3) is 11.0 Å². The molecule has 4 nitrogen and oxygen atoms in total. The van der Waals surface area contributed by atoms with Crippen molar-refractivity contribution in [3.63, 3.8) is 0 Å². The number of carboxylic acid groups (broad SMARTS) is 1. The van der Waals surface area contributed by atoms with Crippen LogP contribution in [-0.4, -0.2) is 20.6 Å². The summed E-state index contributed by atoms with van der Waals surface area (Å²) in [5, 5.41) is 9.55. The van der Waals surface area contributed by atoms with Crippen molar-refractivity contribution >= 4 is 17.0 Å². The zero-order valence-electron chi connectivity index (χ0n) is 12.9. The van der Waals surface area contributed by atoms with E-state index in [2.05, 4.69) is 4.98 Å². The van der Waals surface area contributed by atoms with Crippen molar-refractivity contribution in [2.75, 3.05) is 0 Å². The zero-order valence-corrected chi connectivity index (χ0v) is 12.9. The van der Waals surface area contributed by atoms with Gasteiger partial charge in [-0.2, -0.15) is 0 Å². The predicted molar refractivity (Wildman–Crippen MR) is 79.6 cm³/mol. The third-order valence-corrected chi connectivity index (χ3v) is 4.39. The number of aromatic nitrogens is 2. The molecule has 0 aliphatic heterocycles. The van der Waals surface area contributed by atoms with E-state index in [0.29, 0.717) is 24.3 Å². The summed E-state index contributed by atoms with van der Waals surface area (Å²) in [5.74, 6) is -0.508.